The van der Waals surface area contributed by atoms with Crippen molar-refractivity contribution in [2.24, 2.45) is 5.73 Å². The van der Waals surface area contributed by atoms with Gasteiger partial charge in [-0.1, -0.05) is 54.6 Å². The highest BCUT2D eigenvalue weighted by molar-refractivity contribution is 5.81. The Bertz CT molecular complexity index is 628. The molecule has 4 heteroatoms. The third kappa shape index (κ3) is 3.12. The van der Waals surface area contributed by atoms with E-state index in [1.165, 1.54) is 5.06 Å². The van der Waals surface area contributed by atoms with Gasteiger partial charge in [-0.3, -0.25) is 9.63 Å². The Kier molecular flexibility index (Phi) is 3.99. The number of benzene rings is 2. The van der Waals surface area contributed by atoms with Crippen LogP contribution in [0, 0.1) is 0 Å². The van der Waals surface area contributed by atoms with Gasteiger partial charge >= 0.3 is 0 Å². The van der Waals surface area contributed by atoms with Gasteiger partial charge in [0.05, 0.1) is 12.6 Å². The van der Waals surface area contributed by atoms with Crippen LogP contribution in [-0.2, 0) is 29.2 Å². The van der Waals surface area contributed by atoms with Crippen molar-refractivity contribution >= 4 is 5.91 Å². The van der Waals surface area contributed by atoms with Crippen molar-refractivity contribution in [3.8, 4) is 0 Å². The fraction of sp³-hybridized carbons (Fsp3) is 0.235. The number of fused-ring (bicyclic) bond motifs is 1. The Morgan fingerprint density at radius 2 is 1.76 bits per heavy atom. The minimum atomic E-state index is -0.585. The van der Waals surface area contributed by atoms with Gasteiger partial charge in [-0.25, -0.2) is 5.06 Å². The highest BCUT2D eigenvalue weighted by atomic mass is 16.7. The molecule has 0 fully saturated rings. The molecule has 1 amide bonds. The molecule has 1 aliphatic heterocycles. The summed E-state index contributed by atoms with van der Waals surface area (Å²) in [5.41, 5.74) is 9.32. The summed E-state index contributed by atoms with van der Waals surface area (Å²) >= 11 is 0. The molecule has 0 aliphatic carbocycles. The molecule has 0 bridgehead atoms. The zero-order valence-corrected chi connectivity index (χ0v) is 11.7. The van der Waals surface area contributed by atoms with Gasteiger partial charge in [-0.05, 0) is 23.1 Å². The molecular weight excluding hydrogens is 264 g/mol. The van der Waals surface area contributed by atoms with E-state index in [1.807, 2.05) is 54.6 Å². The van der Waals surface area contributed by atoms with Crippen molar-refractivity contribution in [2.75, 3.05) is 0 Å². The van der Waals surface area contributed by atoms with Crippen LogP contribution in [0.3, 0.4) is 0 Å². The molecule has 0 saturated heterocycles. The largest absolute Gasteiger partial charge is 0.320 e. The van der Waals surface area contributed by atoms with Crippen molar-refractivity contribution in [1.29, 1.82) is 0 Å². The monoisotopic (exact) mass is 282 g/mol. The van der Waals surface area contributed by atoms with Crippen LogP contribution >= 0.6 is 0 Å². The van der Waals surface area contributed by atoms with Crippen molar-refractivity contribution in [3.05, 3.63) is 71.3 Å². The second kappa shape index (κ2) is 6.08. The number of nitrogens with two attached hydrogens (primary N) is 1. The predicted molar refractivity (Wildman–Crippen MR) is 79.9 cm³/mol. The fourth-order valence-corrected chi connectivity index (χ4v) is 2.48. The molecule has 21 heavy (non-hydrogen) atoms. The molecule has 1 unspecified atom stereocenters. The first-order valence-electron chi connectivity index (χ1n) is 7.04. The molecule has 3 rings (SSSR count). The summed E-state index contributed by atoms with van der Waals surface area (Å²) in [6, 6.07) is 17.2. The van der Waals surface area contributed by atoms with E-state index in [9.17, 15) is 4.79 Å². The Labute approximate surface area is 124 Å². The van der Waals surface area contributed by atoms with Crippen molar-refractivity contribution < 1.29 is 9.63 Å². The first-order chi connectivity index (χ1) is 10.2. The topological polar surface area (TPSA) is 55.6 Å². The second-order valence-corrected chi connectivity index (χ2v) is 5.21. The number of carbonyl (C=O) groups excluding carboxylic acids is 1. The minimum absolute atomic E-state index is 0.173. The standard InChI is InChI=1S/C17H18N2O2/c18-16(10-13-6-2-1-3-7-13)17(20)19-11-14-8-4-5-9-15(14)12-21-19/h1-9,16H,10-12,18H2. The third-order valence-corrected chi connectivity index (χ3v) is 3.67. The molecule has 0 saturated carbocycles. The van der Waals surface area contributed by atoms with Gasteiger partial charge in [0.1, 0.15) is 6.61 Å². The van der Waals surface area contributed by atoms with Crippen molar-refractivity contribution in [2.45, 2.75) is 25.6 Å². The van der Waals surface area contributed by atoms with Gasteiger partial charge in [0.2, 0.25) is 0 Å². The van der Waals surface area contributed by atoms with Gasteiger partial charge in [0, 0.05) is 0 Å². The van der Waals surface area contributed by atoms with E-state index in [1.54, 1.807) is 0 Å². The van der Waals surface area contributed by atoms with E-state index in [0.717, 1.165) is 16.7 Å². The Morgan fingerprint density at radius 1 is 1.10 bits per heavy atom. The third-order valence-electron chi connectivity index (χ3n) is 3.67. The molecule has 0 aromatic heterocycles. The fourth-order valence-electron chi connectivity index (χ4n) is 2.48. The number of nitrogens with zero attached hydrogens (tertiary/aromatic N) is 1. The van der Waals surface area contributed by atoms with Crippen LogP contribution in [0.1, 0.15) is 16.7 Å². The van der Waals surface area contributed by atoms with Crippen molar-refractivity contribution in [1.82, 2.24) is 5.06 Å². The molecule has 0 spiro atoms. The summed E-state index contributed by atoms with van der Waals surface area (Å²) in [7, 11) is 0. The van der Waals surface area contributed by atoms with E-state index >= 15 is 0 Å². The first kappa shape index (κ1) is 13.8. The average Bonchev–Trinajstić information content (AvgIpc) is 2.54. The molecule has 0 radical (unpaired) electrons. The number of hydrogen-bond donors (Lipinski definition) is 1. The first-order valence-corrected chi connectivity index (χ1v) is 7.04. The summed E-state index contributed by atoms with van der Waals surface area (Å²) in [5.74, 6) is -0.173. The molecule has 1 heterocycles. The average molecular weight is 282 g/mol. The van der Waals surface area contributed by atoms with Crippen LogP contribution in [0.15, 0.2) is 54.6 Å². The maximum Gasteiger partial charge on any atom is 0.263 e. The van der Waals surface area contributed by atoms with Gasteiger partial charge < -0.3 is 5.73 Å². The molecule has 2 aromatic carbocycles. The summed E-state index contributed by atoms with van der Waals surface area (Å²) in [5, 5.41) is 1.38. The SMILES string of the molecule is NC(Cc1ccccc1)C(=O)N1Cc2ccccc2CO1. The van der Waals surface area contributed by atoms with Gasteiger partial charge in [-0.2, -0.15) is 0 Å². The molecule has 4 nitrogen and oxygen atoms in total. The maximum atomic E-state index is 12.4. The van der Waals surface area contributed by atoms with Crippen LogP contribution in [0.4, 0.5) is 0 Å². The van der Waals surface area contributed by atoms with Gasteiger partial charge in [0.15, 0.2) is 0 Å². The summed E-state index contributed by atoms with van der Waals surface area (Å²) in [4.78, 5) is 17.9. The zero-order valence-electron chi connectivity index (χ0n) is 11.7. The lowest BCUT2D eigenvalue weighted by Crippen LogP contribution is -2.45. The van der Waals surface area contributed by atoms with E-state index in [2.05, 4.69) is 0 Å². The molecule has 108 valence electrons. The number of hydroxylamine groups is 2. The van der Waals surface area contributed by atoms with E-state index < -0.39 is 6.04 Å². The number of carbonyl (C=O) groups is 1. The van der Waals surface area contributed by atoms with Gasteiger partial charge in [-0.15, -0.1) is 0 Å². The maximum absolute atomic E-state index is 12.4. The van der Waals surface area contributed by atoms with Crippen LogP contribution in [0.2, 0.25) is 0 Å². The van der Waals surface area contributed by atoms with E-state index in [4.69, 9.17) is 10.6 Å². The lowest BCUT2D eigenvalue weighted by atomic mass is 10.0. The minimum Gasteiger partial charge on any atom is -0.320 e. The quantitative estimate of drug-likeness (QED) is 0.937. The predicted octanol–water partition coefficient (Wildman–Crippen LogP) is 2.03. The molecule has 2 N–H and O–H groups in total. The molecular formula is C17H18N2O2. The van der Waals surface area contributed by atoms with Gasteiger partial charge in [0.25, 0.3) is 5.91 Å². The summed E-state index contributed by atoms with van der Waals surface area (Å²) in [6.07, 6.45) is 0.515. The van der Waals surface area contributed by atoms with E-state index in [-0.39, 0.29) is 5.91 Å². The lowest BCUT2D eigenvalue weighted by molar-refractivity contribution is -0.202. The normalized spacial score (nSPS) is 15.4. The summed E-state index contributed by atoms with van der Waals surface area (Å²) < 4.78 is 0. The second-order valence-electron chi connectivity index (χ2n) is 5.21. The van der Waals surface area contributed by atoms with Crippen LogP contribution in [-0.4, -0.2) is 17.0 Å². The zero-order chi connectivity index (χ0) is 14.7. The van der Waals surface area contributed by atoms with Crippen LogP contribution < -0.4 is 5.73 Å². The smallest absolute Gasteiger partial charge is 0.263 e. The lowest BCUT2D eigenvalue weighted by Gasteiger charge is -2.29. The highest BCUT2D eigenvalue weighted by Crippen LogP contribution is 2.20. The molecule has 2 aromatic rings. The van der Waals surface area contributed by atoms with Crippen LogP contribution in [0.5, 0.6) is 0 Å². The van der Waals surface area contributed by atoms with E-state index in [0.29, 0.717) is 19.6 Å². The Balaban J connectivity index is 1.66. The van der Waals surface area contributed by atoms with Crippen LogP contribution in [0.25, 0.3) is 0 Å². The highest BCUT2D eigenvalue weighted by Gasteiger charge is 2.26. The number of rotatable bonds is 3. The summed E-state index contributed by atoms with van der Waals surface area (Å²) in [6.45, 7) is 0.872. The Hall–Kier alpha value is -2.17. The number of hydrogen-bond acceptors (Lipinski definition) is 3. The van der Waals surface area contributed by atoms with Crippen molar-refractivity contribution in [3.63, 3.8) is 0 Å². The Morgan fingerprint density at radius 3 is 2.52 bits per heavy atom. The molecule has 1 atom stereocenters. The molecule has 1 aliphatic rings. The number of amides is 1.